The van der Waals surface area contributed by atoms with Crippen LogP contribution in [-0.4, -0.2) is 42.9 Å². The minimum atomic E-state index is -0.956. The molecule has 2 aromatic rings. The van der Waals surface area contributed by atoms with Gasteiger partial charge in [0.15, 0.2) is 0 Å². The molecule has 6 heteroatoms. The van der Waals surface area contributed by atoms with Crippen LogP contribution in [0.1, 0.15) is 37.3 Å². The molecule has 1 heterocycles. The fraction of sp³-hybridized carbons (Fsp3) is 0.429. The fourth-order valence-electron chi connectivity index (χ4n) is 3.39. The minimum absolute atomic E-state index is 0.128. The molecular formula is C21H25NO5. The number of carbonyl (C=O) groups is 2. The number of hydrogen-bond acceptors (Lipinski definition) is 4. The summed E-state index contributed by atoms with van der Waals surface area (Å²) in [5, 5.41) is 14.1. The van der Waals surface area contributed by atoms with Gasteiger partial charge in [0.05, 0.1) is 31.8 Å². The number of nitrogens with one attached hydrogen (secondary N) is 1. The molecule has 0 radical (unpaired) electrons. The van der Waals surface area contributed by atoms with Gasteiger partial charge in [-0.05, 0) is 29.2 Å². The maximum Gasteiger partial charge on any atom is 0.305 e. The van der Waals surface area contributed by atoms with Crippen LogP contribution in [-0.2, 0) is 19.1 Å². The predicted octanol–water partition coefficient (Wildman–Crippen LogP) is 3.06. The van der Waals surface area contributed by atoms with Gasteiger partial charge in [0.25, 0.3) is 0 Å². The van der Waals surface area contributed by atoms with Gasteiger partial charge in [-0.3, -0.25) is 9.59 Å². The molecule has 1 fully saturated rings. The van der Waals surface area contributed by atoms with Crippen molar-refractivity contribution in [2.24, 2.45) is 0 Å². The Kier molecular flexibility index (Phi) is 6.79. The van der Waals surface area contributed by atoms with E-state index >= 15 is 0 Å². The molecule has 27 heavy (non-hydrogen) atoms. The van der Waals surface area contributed by atoms with E-state index in [1.807, 2.05) is 42.5 Å². The lowest BCUT2D eigenvalue weighted by Crippen LogP contribution is -2.31. The number of amides is 1. The number of rotatable bonds is 9. The third-order valence-corrected chi connectivity index (χ3v) is 4.71. The van der Waals surface area contributed by atoms with Crippen molar-refractivity contribution in [3.63, 3.8) is 0 Å². The summed E-state index contributed by atoms with van der Waals surface area (Å²) in [4.78, 5) is 23.6. The van der Waals surface area contributed by atoms with Gasteiger partial charge in [-0.15, -0.1) is 0 Å². The van der Waals surface area contributed by atoms with Gasteiger partial charge in [-0.2, -0.15) is 0 Å². The highest BCUT2D eigenvalue weighted by molar-refractivity contribution is 5.87. The van der Waals surface area contributed by atoms with Crippen LogP contribution in [0.25, 0.3) is 10.8 Å². The number of fused-ring (bicyclic) bond motifs is 1. The number of carbonyl (C=O) groups excluding carboxylic acids is 1. The summed E-state index contributed by atoms with van der Waals surface area (Å²) in [6.45, 7) is 1.56. The number of hydrogen-bond donors (Lipinski definition) is 2. The quantitative estimate of drug-likeness (QED) is 0.662. The van der Waals surface area contributed by atoms with E-state index in [4.69, 9.17) is 9.47 Å². The summed E-state index contributed by atoms with van der Waals surface area (Å²) < 4.78 is 11.0. The van der Waals surface area contributed by atoms with Crippen LogP contribution in [0.15, 0.2) is 42.5 Å². The average molecular weight is 371 g/mol. The summed E-state index contributed by atoms with van der Waals surface area (Å²) >= 11 is 0. The van der Waals surface area contributed by atoms with Crippen LogP contribution in [0.5, 0.6) is 0 Å². The smallest absolute Gasteiger partial charge is 0.305 e. The van der Waals surface area contributed by atoms with E-state index < -0.39 is 12.0 Å². The zero-order valence-electron chi connectivity index (χ0n) is 15.2. The van der Waals surface area contributed by atoms with Crippen molar-refractivity contribution in [2.45, 2.75) is 37.8 Å². The van der Waals surface area contributed by atoms with E-state index in [2.05, 4.69) is 5.32 Å². The highest BCUT2D eigenvalue weighted by Gasteiger charge is 2.20. The highest BCUT2D eigenvalue weighted by Crippen LogP contribution is 2.26. The van der Waals surface area contributed by atoms with Gasteiger partial charge in [-0.25, -0.2) is 0 Å². The highest BCUT2D eigenvalue weighted by atomic mass is 16.5. The predicted molar refractivity (Wildman–Crippen MR) is 101 cm³/mol. The zero-order chi connectivity index (χ0) is 19.1. The normalized spacial score (nSPS) is 17.7. The van der Waals surface area contributed by atoms with Crippen molar-refractivity contribution >= 4 is 22.6 Å². The third kappa shape index (κ3) is 5.52. The summed E-state index contributed by atoms with van der Waals surface area (Å²) in [5.74, 6) is -1.18. The number of ether oxygens (including phenoxy) is 2. The second-order valence-electron chi connectivity index (χ2n) is 6.75. The van der Waals surface area contributed by atoms with Crippen LogP contribution in [0.3, 0.4) is 0 Å². The monoisotopic (exact) mass is 371 g/mol. The summed E-state index contributed by atoms with van der Waals surface area (Å²) in [7, 11) is 0. The second-order valence-corrected chi connectivity index (χ2v) is 6.75. The van der Waals surface area contributed by atoms with Crippen LogP contribution < -0.4 is 5.32 Å². The maximum atomic E-state index is 12.3. The standard InChI is InChI=1S/C21H25NO5/c23-20(10-12-26-14-16-7-4-11-27-16)22-19(13-21(24)25)18-9-3-6-15-5-1-2-8-17(15)18/h1-3,5-6,8-9,16,19H,4,7,10-14H2,(H,22,23)(H,24,25)/t16?,19-/m1/s1. The van der Waals surface area contributed by atoms with Crippen LogP contribution in [0, 0.1) is 0 Å². The molecule has 2 N–H and O–H groups in total. The molecule has 0 bridgehead atoms. The number of carboxylic acid groups (broad SMARTS) is 1. The first-order valence-electron chi connectivity index (χ1n) is 9.31. The zero-order valence-corrected chi connectivity index (χ0v) is 15.2. The molecule has 0 aliphatic carbocycles. The van der Waals surface area contributed by atoms with E-state index in [0.717, 1.165) is 35.8 Å². The van der Waals surface area contributed by atoms with Gasteiger partial charge in [0.1, 0.15) is 0 Å². The third-order valence-electron chi connectivity index (χ3n) is 4.71. The number of aliphatic carboxylic acids is 1. The first-order valence-corrected chi connectivity index (χ1v) is 9.31. The second kappa shape index (κ2) is 9.48. The van der Waals surface area contributed by atoms with Crippen LogP contribution >= 0.6 is 0 Å². The van der Waals surface area contributed by atoms with Crippen molar-refractivity contribution in [1.82, 2.24) is 5.32 Å². The molecular weight excluding hydrogens is 346 g/mol. The summed E-state index contributed by atoms with van der Waals surface area (Å²) in [6, 6.07) is 12.9. The van der Waals surface area contributed by atoms with Crippen LogP contribution in [0.2, 0.25) is 0 Å². The van der Waals surface area contributed by atoms with Gasteiger partial charge in [0, 0.05) is 13.0 Å². The molecule has 0 saturated carbocycles. The molecule has 1 unspecified atom stereocenters. The topological polar surface area (TPSA) is 84.9 Å². The lowest BCUT2D eigenvalue weighted by molar-refractivity contribution is -0.137. The van der Waals surface area contributed by atoms with Crippen molar-refractivity contribution in [2.75, 3.05) is 19.8 Å². The Hall–Kier alpha value is -2.44. The Balaban J connectivity index is 1.60. The van der Waals surface area contributed by atoms with E-state index in [9.17, 15) is 14.7 Å². The Morgan fingerprint density at radius 1 is 1.22 bits per heavy atom. The lowest BCUT2D eigenvalue weighted by Gasteiger charge is -2.19. The van der Waals surface area contributed by atoms with E-state index in [-0.39, 0.29) is 24.9 Å². The largest absolute Gasteiger partial charge is 0.481 e. The van der Waals surface area contributed by atoms with E-state index in [1.54, 1.807) is 0 Å². The van der Waals surface area contributed by atoms with Gasteiger partial charge < -0.3 is 19.9 Å². The van der Waals surface area contributed by atoms with Gasteiger partial charge >= 0.3 is 5.97 Å². The molecule has 0 aromatic heterocycles. The Morgan fingerprint density at radius 3 is 2.81 bits per heavy atom. The molecule has 3 rings (SSSR count). The Bertz CT molecular complexity index is 780. The molecule has 0 spiro atoms. The van der Waals surface area contributed by atoms with Crippen LogP contribution in [0.4, 0.5) is 0 Å². The molecule has 1 aliphatic heterocycles. The fourth-order valence-corrected chi connectivity index (χ4v) is 3.39. The van der Waals surface area contributed by atoms with E-state index in [0.29, 0.717) is 13.2 Å². The minimum Gasteiger partial charge on any atom is -0.481 e. The molecule has 1 aliphatic rings. The number of benzene rings is 2. The molecule has 2 atom stereocenters. The van der Waals surface area contributed by atoms with Crippen molar-refractivity contribution < 1.29 is 24.2 Å². The van der Waals surface area contributed by atoms with Crippen molar-refractivity contribution in [3.05, 3.63) is 48.0 Å². The lowest BCUT2D eigenvalue weighted by atomic mass is 9.96. The molecule has 144 valence electrons. The molecule has 1 amide bonds. The first kappa shape index (κ1) is 19.3. The van der Waals surface area contributed by atoms with Crippen molar-refractivity contribution in [1.29, 1.82) is 0 Å². The SMILES string of the molecule is O=C(O)C[C@@H](NC(=O)CCOCC1CCCO1)c1cccc2ccccc12. The summed E-state index contributed by atoms with van der Waals surface area (Å²) in [6.07, 6.45) is 2.19. The average Bonchev–Trinajstić information content (AvgIpc) is 3.17. The Labute approximate surface area is 158 Å². The molecule has 1 saturated heterocycles. The first-order chi connectivity index (χ1) is 13.1. The van der Waals surface area contributed by atoms with Crippen molar-refractivity contribution in [3.8, 4) is 0 Å². The maximum absolute atomic E-state index is 12.3. The van der Waals surface area contributed by atoms with E-state index in [1.165, 1.54) is 0 Å². The molecule has 6 nitrogen and oxygen atoms in total. The molecule has 2 aromatic carbocycles. The number of carboxylic acids is 1. The Morgan fingerprint density at radius 2 is 2.04 bits per heavy atom. The summed E-state index contributed by atoms with van der Waals surface area (Å²) in [5.41, 5.74) is 0.809. The van der Waals surface area contributed by atoms with Gasteiger partial charge in [-0.1, -0.05) is 42.5 Å². The van der Waals surface area contributed by atoms with Gasteiger partial charge in [0.2, 0.25) is 5.91 Å².